The molecule has 0 radical (unpaired) electrons. The van der Waals surface area contributed by atoms with Gasteiger partial charge in [0.05, 0.1) is 5.41 Å². The molecule has 0 N–H and O–H groups in total. The third kappa shape index (κ3) is 1.75. The highest BCUT2D eigenvalue weighted by Crippen LogP contribution is 2.48. The number of ether oxygens (including phenoxy) is 2. The lowest BCUT2D eigenvalue weighted by Gasteiger charge is -2.38. The van der Waals surface area contributed by atoms with Crippen LogP contribution in [0, 0.1) is 5.41 Å². The zero-order valence-electron chi connectivity index (χ0n) is 11.5. The number of carbonyl (C=O) groups excluding carboxylic acids is 2. The van der Waals surface area contributed by atoms with Gasteiger partial charge in [0.15, 0.2) is 0 Å². The molecule has 1 saturated heterocycles. The summed E-state index contributed by atoms with van der Waals surface area (Å²) in [6.07, 6.45) is 1.82. The quantitative estimate of drug-likeness (QED) is 0.736. The van der Waals surface area contributed by atoms with Gasteiger partial charge in [-0.15, -0.1) is 0 Å². The molecule has 0 saturated carbocycles. The molecule has 104 valence electrons. The van der Waals surface area contributed by atoms with Crippen molar-refractivity contribution in [2.75, 3.05) is 6.61 Å². The van der Waals surface area contributed by atoms with E-state index in [9.17, 15) is 9.59 Å². The number of rotatable bonds is 1. The molecule has 4 nitrogen and oxygen atoms in total. The van der Waals surface area contributed by atoms with Crippen LogP contribution in [-0.4, -0.2) is 24.1 Å². The molecule has 0 bridgehead atoms. The van der Waals surface area contributed by atoms with Gasteiger partial charge < -0.3 is 9.47 Å². The Morgan fingerprint density at radius 2 is 1.80 bits per heavy atom. The maximum atomic E-state index is 12.2. The second kappa shape index (κ2) is 4.20. The molecule has 1 fully saturated rings. The number of cyclic esters (lactones) is 1. The first kappa shape index (κ1) is 12.9. The van der Waals surface area contributed by atoms with E-state index in [0.717, 1.165) is 11.1 Å². The molecule has 0 aromatic heterocycles. The van der Waals surface area contributed by atoms with Crippen molar-refractivity contribution in [3.8, 4) is 0 Å². The van der Waals surface area contributed by atoms with Crippen LogP contribution in [-0.2, 0) is 19.1 Å². The van der Waals surface area contributed by atoms with Gasteiger partial charge in [0.1, 0.15) is 6.61 Å². The standard InChI is InChI=1S/C16H16O4/c1-15(2)10-19-14(18)16(15)9-12(8-13(17)20-16)11-6-4-3-5-7-11/h3-8H,9-10H2,1-2H3/t16-/m1/s1. The van der Waals surface area contributed by atoms with Crippen LogP contribution in [0.15, 0.2) is 36.4 Å². The molecule has 2 heterocycles. The SMILES string of the molecule is CC1(C)COC(=O)[C@]12CC(c1ccccc1)=CC(=O)O2. The fraction of sp³-hybridized carbons (Fsp3) is 0.375. The van der Waals surface area contributed by atoms with E-state index in [-0.39, 0.29) is 6.61 Å². The van der Waals surface area contributed by atoms with Crippen LogP contribution in [0.4, 0.5) is 0 Å². The Bertz CT molecular complexity index is 600. The van der Waals surface area contributed by atoms with Gasteiger partial charge in [-0.05, 0) is 11.1 Å². The Kier molecular flexibility index (Phi) is 2.71. The zero-order chi connectivity index (χ0) is 14.4. The normalized spacial score (nSPS) is 28.0. The van der Waals surface area contributed by atoms with Crippen LogP contribution in [0.2, 0.25) is 0 Å². The van der Waals surface area contributed by atoms with Gasteiger partial charge in [0, 0.05) is 12.5 Å². The Labute approximate surface area is 117 Å². The number of hydrogen-bond acceptors (Lipinski definition) is 4. The molecular weight excluding hydrogens is 256 g/mol. The first-order chi connectivity index (χ1) is 9.45. The lowest BCUT2D eigenvalue weighted by atomic mass is 9.72. The number of carbonyl (C=O) groups is 2. The van der Waals surface area contributed by atoms with Crippen molar-refractivity contribution in [2.24, 2.45) is 5.41 Å². The van der Waals surface area contributed by atoms with Crippen LogP contribution >= 0.6 is 0 Å². The molecule has 1 spiro atoms. The minimum atomic E-state index is -1.20. The summed E-state index contributed by atoms with van der Waals surface area (Å²) in [5, 5.41) is 0. The molecule has 1 aromatic carbocycles. The molecule has 4 heteroatoms. The molecular formula is C16H16O4. The first-order valence-electron chi connectivity index (χ1n) is 6.61. The Morgan fingerprint density at radius 1 is 1.10 bits per heavy atom. The summed E-state index contributed by atoms with van der Waals surface area (Å²) in [6, 6.07) is 9.56. The minimum Gasteiger partial charge on any atom is -0.462 e. The number of benzene rings is 1. The lowest BCUT2D eigenvalue weighted by molar-refractivity contribution is -0.176. The van der Waals surface area contributed by atoms with E-state index in [1.165, 1.54) is 6.08 Å². The average Bonchev–Trinajstić information content (AvgIpc) is 2.63. The molecule has 1 aromatic rings. The first-order valence-corrected chi connectivity index (χ1v) is 6.61. The molecule has 0 aliphatic carbocycles. The third-order valence-corrected chi connectivity index (χ3v) is 4.14. The van der Waals surface area contributed by atoms with E-state index in [4.69, 9.17) is 9.47 Å². The summed E-state index contributed by atoms with van der Waals surface area (Å²) in [4.78, 5) is 24.1. The van der Waals surface area contributed by atoms with Crippen molar-refractivity contribution in [3.05, 3.63) is 42.0 Å². The van der Waals surface area contributed by atoms with Crippen LogP contribution < -0.4 is 0 Å². The second-order valence-corrected chi connectivity index (χ2v) is 5.92. The van der Waals surface area contributed by atoms with Gasteiger partial charge in [-0.1, -0.05) is 44.2 Å². The maximum Gasteiger partial charge on any atom is 0.351 e. The minimum absolute atomic E-state index is 0.265. The maximum absolute atomic E-state index is 12.2. The van der Waals surface area contributed by atoms with E-state index in [0.29, 0.717) is 6.42 Å². The Morgan fingerprint density at radius 3 is 2.40 bits per heavy atom. The predicted octanol–water partition coefficient (Wildman–Crippen LogP) is 2.34. The molecule has 0 amide bonds. The summed E-state index contributed by atoms with van der Waals surface area (Å²) in [7, 11) is 0. The highest BCUT2D eigenvalue weighted by molar-refractivity contribution is 5.99. The molecule has 0 unspecified atom stereocenters. The van der Waals surface area contributed by atoms with Crippen molar-refractivity contribution in [3.63, 3.8) is 0 Å². The highest BCUT2D eigenvalue weighted by atomic mass is 16.6. The van der Waals surface area contributed by atoms with Crippen LogP contribution in [0.5, 0.6) is 0 Å². The van der Waals surface area contributed by atoms with E-state index in [1.807, 2.05) is 44.2 Å². The van der Waals surface area contributed by atoms with Gasteiger partial charge in [0.25, 0.3) is 0 Å². The number of hydrogen-bond donors (Lipinski definition) is 0. The Hall–Kier alpha value is -2.10. The topological polar surface area (TPSA) is 52.6 Å². The second-order valence-electron chi connectivity index (χ2n) is 5.92. The van der Waals surface area contributed by atoms with Crippen LogP contribution in [0.25, 0.3) is 5.57 Å². The summed E-state index contributed by atoms with van der Waals surface area (Å²) in [6.45, 7) is 4.04. The van der Waals surface area contributed by atoms with Crippen molar-refractivity contribution in [1.82, 2.24) is 0 Å². The van der Waals surface area contributed by atoms with Crippen molar-refractivity contribution >= 4 is 17.5 Å². The van der Waals surface area contributed by atoms with Crippen LogP contribution in [0.3, 0.4) is 0 Å². The van der Waals surface area contributed by atoms with Crippen molar-refractivity contribution in [1.29, 1.82) is 0 Å². The monoisotopic (exact) mass is 272 g/mol. The van der Waals surface area contributed by atoms with Crippen molar-refractivity contribution < 1.29 is 19.1 Å². The molecule has 2 aliphatic heterocycles. The van der Waals surface area contributed by atoms with E-state index in [1.54, 1.807) is 0 Å². The van der Waals surface area contributed by atoms with Gasteiger partial charge in [-0.2, -0.15) is 0 Å². The van der Waals surface area contributed by atoms with Gasteiger partial charge >= 0.3 is 11.9 Å². The van der Waals surface area contributed by atoms with Gasteiger partial charge in [-0.25, -0.2) is 9.59 Å². The molecule has 1 atom stereocenters. The largest absolute Gasteiger partial charge is 0.462 e. The van der Waals surface area contributed by atoms with E-state index in [2.05, 4.69) is 0 Å². The van der Waals surface area contributed by atoms with Crippen LogP contribution in [0.1, 0.15) is 25.8 Å². The Balaban J connectivity index is 2.05. The van der Waals surface area contributed by atoms with E-state index >= 15 is 0 Å². The summed E-state index contributed by atoms with van der Waals surface area (Å²) < 4.78 is 10.6. The molecule has 3 rings (SSSR count). The fourth-order valence-corrected chi connectivity index (χ4v) is 2.78. The van der Waals surface area contributed by atoms with Gasteiger partial charge in [-0.3, -0.25) is 0 Å². The van der Waals surface area contributed by atoms with E-state index < -0.39 is 23.0 Å². The molecule has 2 aliphatic rings. The zero-order valence-corrected chi connectivity index (χ0v) is 11.5. The highest BCUT2D eigenvalue weighted by Gasteiger charge is 2.62. The third-order valence-electron chi connectivity index (χ3n) is 4.14. The summed E-state index contributed by atoms with van der Waals surface area (Å²) >= 11 is 0. The van der Waals surface area contributed by atoms with Gasteiger partial charge in [0.2, 0.25) is 5.60 Å². The number of esters is 2. The summed E-state index contributed by atoms with van der Waals surface area (Å²) in [5.41, 5.74) is 0.00528. The lowest BCUT2D eigenvalue weighted by Crippen LogP contribution is -2.51. The molecule has 20 heavy (non-hydrogen) atoms. The fourth-order valence-electron chi connectivity index (χ4n) is 2.78. The van der Waals surface area contributed by atoms with Crippen molar-refractivity contribution in [2.45, 2.75) is 25.9 Å². The average molecular weight is 272 g/mol. The summed E-state index contributed by atoms with van der Waals surface area (Å²) in [5.74, 6) is -0.931. The predicted molar refractivity (Wildman–Crippen MR) is 72.6 cm³/mol. The smallest absolute Gasteiger partial charge is 0.351 e.